The summed E-state index contributed by atoms with van der Waals surface area (Å²) in [6.07, 6.45) is 0. The molecule has 0 saturated carbocycles. The second kappa shape index (κ2) is 15.8. The van der Waals surface area contributed by atoms with E-state index in [1.165, 1.54) is 0 Å². The van der Waals surface area contributed by atoms with Crippen LogP contribution in [-0.2, 0) is 23.7 Å². The summed E-state index contributed by atoms with van der Waals surface area (Å²) >= 11 is 0. The van der Waals surface area contributed by atoms with E-state index >= 15 is 0 Å². The zero-order valence-corrected chi connectivity index (χ0v) is 10.5. The minimum Gasteiger partial charge on any atom is -0.411 e. The van der Waals surface area contributed by atoms with Crippen LogP contribution in [0.1, 0.15) is 0 Å². The monoisotopic (exact) mass is 248 g/mol. The molecule has 0 amide bonds. The molecule has 17 heavy (non-hydrogen) atoms. The summed E-state index contributed by atoms with van der Waals surface area (Å²) in [5.74, 6) is 0. The molecule has 0 aliphatic carbocycles. The van der Waals surface area contributed by atoms with E-state index in [0.29, 0.717) is 66.1 Å². The highest BCUT2D eigenvalue weighted by Gasteiger charge is 1.91. The molecular weight excluding hydrogens is 224 g/mol. The molecule has 0 aromatic heterocycles. The van der Waals surface area contributed by atoms with Crippen molar-refractivity contribution in [1.82, 2.24) is 0 Å². The van der Waals surface area contributed by atoms with Gasteiger partial charge in [-0.1, -0.05) is 13.2 Å². The third-order valence-corrected chi connectivity index (χ3v) is 1.78. The standard InChI is InChI=1S/C12H24O5/c1-3-13-5-7-15-9-11-17-12-10-16-8-6-14-4-2/h1-12H2/q-2. The van der Waals surface area contributed by atoms with Crippen molar-refractivity contribution in [1.29, 1.82) is 0 Å². The van der Waals surface area contributed by atoms with Gasteiger partial charge in [-0.2, -0.15) is 0 Å². The van der Waals surface area contributed by atoms with Gasteiger partial charge in [-0.15, -0.1) is 0 Å². The predicted octanol–water partition coefficient (Wildman–Crippen LogP) is 0.738. The smallest absolute Gasteiger partial charge is 0.0701 e. The Morgan fingerprint density at radius 1 is 0.412 bits per heavy atom. The van der Waals surface area contributed by atoms with Gasteiger partial charge in [0.25, 0.3) is 0 Å². The Kier molecular flexibility index (Phi) is 15.6. The van der Waals surface area contributed by atoms with E-state index in [1.807, 2.05) is 0 Å². The van der Waals surface area contributed by atoms with Gasteiger partial charge < -0.3 is 37.5 Å². The topological polar surface area (TPSA) is 46.2 Å². The molecule has 0 heterocycles. The first-order chi connectivity index (χ1) is 8.41. The minimum atomic E-state index is 0.481. The molecule has 0 rings (SSSR count). The molecule has 0 aromatic carbocycles. The summed E-state index contributed by atoms with van der Waals surface area (Å²) in [6.45, 7) is 12.7. The van der Waals surface area contributed by atoms with E-state index in [0.717, 1.165) is 0 Å². The van der Waals surface area contributed by atoms with Crippen LogP contribution in [0.4, 0.5) is 0 Å². The molecule has 5 nitrogen and oxygen atoms in total. The largest absolute Gasteiger partial charge is 0.411 e. The number of rotatable bonds is 14. The Morgan fingerprint density at radius 3 is 0.882 bits per heavy atom. The Hall–Kier alpha value is -0.200. The van der Waals surface area contributed by atoms with Crippen molar-refractivity contribution in [2.75, 3.05) is 66.1 Å². The summed E-state index contributed by atoms with van der Waals surface area (Å²) in [5, 5.41) is 0. The van der Waals surface area contributed by atoms with Crippen LogP contribution in [0.2, 0.25) is 0 Å². The lowest BCUT2D eigenvalue weighted by Crippen LogP contribution is -2.13. The van der Waals surface area contributed by atoms with Crippen molar-refractivity contribution in [2.24, 2.45) is 0 Å². The van der Waals surface area contributed by atoms with E-state index < -0.39 is 0 Å². The fourth-order valence-electron chi connectivity index (χ4n) is 0.982. The molecule has 0 aromatic rings. The van der Waals surface area contributed by atoms with Gasteiger partial charge >= 0.3 is 0 Å². The van der Waals surface area contributed by atoms with Crippen LogP contribution < -0.4 is 0 Å². The first-order valence-corrected chi connectivity index (χ1v) is 5.89. The van der Waals surface area contributed by atoms with Gasteiger partial charge in [0, 0.05) is 0 Å². The molecule has 104 valence electrons. The predicted molar refractivity (Wildman–Crippen MR) is 64.8 cm³/mol. The lowest BCUT2D eigenvalue weighted by Gasteiger charge is -2.08. The van der Waals surface area contributed by atoms with Crippen molar-refractivity contribution in [3.8, 4) is 0 Å². The maximum atomic E-state index is 5.29. The maximum absolute atomic E-state index is 5.29. The Bertz CT molecular complexity index is 118. The molecule has 0 unspecified atom stereocenters. The highest BCUT2D eigenvalue weighted by molar-refractivity contribution is 4.36. The second-order valence-corrected chi connectivity index (χ2v) is 3.06. The highest BCUT2D eigenvalue weighted by atomic mass is 16.6. The van der Waals surface area contributed by atoms with E-state index in [-0.39, 0.29) is 0 Å². The molecular formula is C12H24O5-2. The summed E-state index contributed by atoms with van der Waals surface area (Å²) in [6, 6.07) is 0. The van der Waals surface area contributed by atoms with Gasteiger partial charge in [-0.05, 0) is 0 Å². The zero-order chi connectivity index (χ0) is 12.6. The second-order valence-electron chi connectivity index (χ2n) is 3.06. The zero-order valence-electron chi connectivity index (χ0n) is 10.5. The molecule has 0 saturated heterocycles. The number of hydrogen-bond donors (Lipinski definition) is 0. The molecule has 0 aliphatic rings. The SMILES string of the molecule is [CH2-]COCCOCCOCCOCCOC[CH2-]. The normalized spacial score (nSPS) is 10.9. The van der Waals surface area contributed by atoms with Crippen molar-refractivity contribution >= 4 is 0 Å². The molecule has 0 aliphatic heterocycles. The third-order valence-electron chi connectivity index (χ3n) is 1.78. The molecule has 0 fully saturated rings. The molecule has 0 spiro atoms. The Morgan fingerprint density at radius 2 is 0.647 bits per heavy atom. The summed E-state index contributed by atoms with van der Waals surface area (Å²) in [4.78, 5) is 0. The van der Waals surface area contributed by atoms with Crippen LogP contribution in [0, 0.1) is 13.8 Å². The lowest BCUT2D eigenvalue weighted by molar-refractivity contribution is -0.00774. The summed E-state index contributed by atoms with van der Waals surface area (Å²) in [7, 11) is 0. The van der Waals surface area contributed by atoms with Crippen LogP contribution in [-0.4, -0.2) is 66.1 Å². The fourth-order valence-corrected chi connectivity index (χ4v) is 0.982. The quantitative estimate of drug-likeness (QED) is 0.335. The molecule has 0 bridgehead atoms. The van der Waals surface area contributed by atoms with Gasteiger partial charge in [0.1, 0.15) is 0 Å². The van der Waals surface area contributed by atoms with Crippen molar-refractivity contribution in [2.45, 2.75) is 0 Å². The molecule has 0 N–H and O–H groups in total. The number of hydrogen-bond acceptors (Lipinski definition) is 5. The maximum Gasteiger partial charge on any atom is 0.0701 e. The number of ether oxygens (including phenoxy) is 5. The van der Waals surface area contributed by atoms with Crippen LogP contribution in [0.25, 0.3) is 0 Å². The van der Waals surface area contributed by atoms with Crippen LogP contribution in [0.3, 0.4) is 0 Å². The van der Waals surface area contributed by atoms with Crippen molar-refractivity contribution in [3.63, 3.8) is 0 Å². The summed E-state index contributed by atoms with van der Waals surface area (Å²) < 4.78 is 25.8. The van der Waals surface area contributed by atoms with Gasteiger partial charge in [0.2, 0.25) is 0 Å². The minimum absolute atomic E-state index is 0.481. The van der Waals surface area contributed by atoms with E-state index in [2.05, 4.69) is 13.8 Å². The molecule has 0 radical (unpaired) electrons. The van der Waals surface area contributed by atoms with Crippen LogP contribution in [0.15, 0.2) is 0 Å². The van der Waals surface area contributed by atoms with Crippen molar-refractivity contribution < 1.29 is 23.7 Å². The Balaban J connectivity index is 2.85. The van der Waals surface area contributed by atoms with Gasteiger partial charge in [-0.25, -0.2) is 0 Å². The highest BCUT2D eigenvalue weighted by Crippen LogP contribution is 1.83. The average Bonchev–Trinajstić information content (AvgIpc) is 2.35. The first-order valence-electron chi connectivity index (χ1n) is 5.89. The van der Waals surface area contributed by atoms with E-state index in [4.69, 9.17) is 23.7 Å². The van der Waals surface area contributed by atoms with Crippen LogP contribution in [0.5, 0.6) is 0 Å². The van der Waals surface area contributed by atoms with E-state index in [1.54, 1.807) is 0 Å². The third kappa shape index (κ3) is 15.8. The summed E-state index contributed by atoms with van der Waals surface area (Å²) in [5.41, 5.74) is 0. The van der Waals surface area contributed by atoms with Gasteiger partial charge in [0.05, 0.1) is 52.9 Å². The van der Waals surface area contributed by atoms with E-state index in [9.17, 15) is 0 Å². The van der Waals surface area contributed by atoms with Gasteiger partial charge in [-0.3, -0.25) is 0 Å². The molecule has 0 atom stereocenters. The van der Waals surface area contributed by atoms with Crippen molar-refractivity contribution in [3.05, 3.63) is 13.8 Å². The fraction of sp³-hybridized carbons (Fsp3) is 0.833. The van der Waals surface area contributed by atoms with Gasteiger partial charge in [0.15, 0.2) is 0 Å². The molecule has 5 heteroatoms. The Labute approximate surface area is 104 Å². The lowest BCUT2D eigenvalue weighted by atomic mass is 10.7. The first kappa shape index (κ1) is 16.8. The van der Waals surface area contributed by atoms with Crippen LogP contribution >= 0.6 is 0 Å². The average molecular weight is 248 g/mol.